The summed E-state index contributed by atoms with van der Waals surface area (Å²) in [5.74, 6) is 0.331. The van der Waals surface area contributed by atoms with E-state index in [1.165, 1.54) is 18.2 Å². The Hall–Kier alpha value is -4.34. The minimum absolute atomic E-state index is 0.0277. The standard InChI is InChI=1S/C23H16F3N5O2/c24-23(25,26)33-18-6-2-4-15(10-18)22-29-21(30-31-22)14-3-1-5-16(9-14)27-17-8-7-13-11-20(32)28-19(13)12-17/h1-10,12,27H,11H2,(H,28,32)(H,29,30,31). The molecule has 0 spiro atoms. The second kappa shape index (κ2) is 7.97. The number of nitrogens with one attached hydrogen (secondary N) is 3. The molecule has 0 saturated carbocycles. The summed E-state index contributed by atoms with van der Waals surface area (Å²) in [5, 5.41) is 13.1. The van der Waals surface area contributed by atoms with Crippen molar-refractivity contribution in [2.45, 2.75) is 12.8 Å². The van der Waals surface area contributed by atoms with Gasteiger partial charge >= 0.3 is 6.36 Å². The molecule has 0 saturated heterocycles. The van der Waals surface area contributed by atoms with E-state index in [1.807, 2.05) is 42.5 Å². The van der Waals surface area contributed by atoms with Gasteiger partial charge in [-0.15, -0.1) is 13.2 Å². The molecule has 2 heterocycles. The van der Waals surface area contributed by atoms with E-state index >= 15 is 0 Å². The molecular weight excluding hydrogens is 435 g/mol. The molecule has 1 amide bonds. The molecule has 1 aliphatic heterocycles. The number of hydrogen-bond acceptors (Lipinski definition) is 5. The molecule has 1 aromatic heterocycles. The number of anilines is 3. The molecule has 0 aliphatic carbocycles. The van der Waals surface area contributed by atoms with Crippen molar-refractivity contribution in [2.24, 2.45) is 0 Å². The Morgan fingerprint density at radius 1 is 0.939 bits per heavy atom. The summed E-state index contributed by atoms with van der Waals surface area (Å²) in [7, 11) is 0. The first-order chi connectivity index (χ1) is 15.8. The van der Waals surface area contributed by atoms with Crippen molar-refractivity contribution < 1.29 is 22.7 Å². The second-order valence-corrected chi connectivity index (χ2v) is 7.39. The number of amides is 1. The second-order valence-electron chi connectivity index (χ2n) is 7.39. The molecule has 7 nitrogen and oxygen atoms in total. The first-order valence-electron chi connectivity index (χ1n) is 9.91. The third-order valence-corrected chi connectivity index (χ3v) is 4.97. The van der Waals surface area contributed by atoms with Crippen molar-refractivity contribution in [3.63, 3.8) is 0 Å². The molecule has 3 aromatic carbocycles. The number of nitrogens with zero attached hydrogens (tertiary/aromatic N) is 2. The number of carbonyl (C=O) groups is 1. The van der Waals surface area contributed by atoms with E-state index in [9.17, 15) is 18.0 Å². The number of rotatable bonds is 5. The van der Waals surface area contributed by atoms with Gasteiger partial charge in [-0.1, -0.05) is 30.3 Å². The Morgan fingerprint density at radius 2 is 1.73 bits per heavy atom. The maximum Gasteiger partial charge on any atom is 0.573 e. The number of ether oxygens (including phenoxy) is 1. The molecule has 0 atom stereocenters. The maximum absolute atomic E-state index is 12.5. The molecule has 33 heavy (non-hydrogen) atoms. The van der Waals surface area contributed by atoms with Crippen LogP contribution in [0.1, 0.15) is 5.56 Å². The Labute approximate surface area is 185 Å². The van der Waals surface area contributed by atoms with E-state index in [4.69, 9.17) is 0 Å². The van der Waals surface area contributed by atoms with Crippen LogP contribution in [-0.4, -0.2) is 27.5 Å². The number of alkyl halides is 3. The van der Waals surface area contributed by atoms with Crippen molar-refractivity contribution in [1.82, 2.24) is 15.2 Å². The molecule has 166 valence electrons. The summed E-state index contributed by atoms with van der Waals surface area (Å²) < 4.78 is 41.5. The quantitative estimate of drug-likeness (QED) is 0.384. The van der Waals surface area contributed by atoms with Crippen LogP contribution in [0.5, 0.6) is 5.75 Å². The number of fused-ring (bicyclic) bond motifs is 1. The summed E-state index contributed by atoms with van der Waals surface area (Å²) in [5.41, 5.74) is 4.45. The van der Waals surface area contributed by atoms with Crippen molar-refractivity contribution in [1.29, 1.82) is 0 Å². The number of hydrogen-bond donors (Lipinski definition) is 3. The van der Waals surface area contributed by atoms with Crippen LogP contribution in [0.2, 0.25) is 0 Å². The first-order valence-corrected chi connectivity index (χ1v) is 9.91. The molecule has 0 unspecified atom stereocenters. The number of H-pyrrole nitrogens is 1. The van der Waals surface area contributed by atoms with E-state index in [2.05, 4.69) is 30.6 Å². The summed E-state index contributed by atoms with van der Waals surface area (Å²) in [4.78, 5) is 16.0. The Morgan fingerprint density at radius 3 is 2.58 bits per heavy atom. The number of aromatic amines is 1. The zero-order valence-electron chi connectivity index (χ0n) is 16.9. The number of halogens is 3. The third-order valence-electron chi connectivity index (χ3n) is 4.97. The van der Waals surface area contributed by atoms with Gasteiger partial charge in [0.15, 0.2) is 11.6 Å². The third kappa shape index (κ3) is 4.64. The lowest BCUT2D eigenvalue weighted by atomic mass is 10.1. The van der Waals surface area contributed by atoms with Crippen LogP contribution in [0.4, 0.5) is 30.2 Å². The van der Waals surface area contributed by atoms with Crippen LogP contribution in [0.3, 0.4) is 0 Å². The monoisotopic (exact) mass is 451 g/mol. The highest BCUT2D eigenvalue weighted by Crippen LogP contribution is 2.30. The van der Waals surface area contributed by atoms with Gasteiger partial charge in [0, 0.05) is 28.2 Å². The fourth-order valence-corrected chi connectivity index (χ4v) is 3.56. The van der Waals surface area contributed by atoms with Crippen molar-refractivity contribution in [2.75, 3.05) is 10.6 Å². The van der Waals surface area contributed by atoms with Gasteiger partial charge in [-0.05, 0) is 42.0 Å². The predicted octanol–water partition coefficient (Wildman–Crippen LogP) is 5.28. The number of aromatic nitrogens is 3. The van der Waals surface area contributed by atoms with Gasteiger partial charge in [0.25, 0.3) is 0 Å². The largest absolute Gasteiger partial charge is 0.573 e. The van der Waals surface area contributed by atoms with Crippen molar-refractivity contribution >= 4 is 23.0 Å². The zero-order chi connectivity index (χ0) is 23.0. The van der Waals surface area contributed by atoms with Crippen molar-refractivity contribution in [3.05, 3.63) is 72.3 Å². The molecule has 10 heteroatoms. The highest BCUT2D eigenvalue weighted by Gasteiger charge is 2.31. The van der Waals surface area contributed by atoms with Gasteiger partial charge in [-0.3, -0.25) is 9.89 Å². The fraction of sp³-hybridized carbons (Fsp3) is 0.0870. The minimum atomic E-state index is -4.77. The summed E-state index contributed by atoms with van der Waals surface area (Å²) in [6.07, 6.45) is -4.40. The van der Waals surface area contributed by atoms with Gasteiger partial charge < -0.3 is 15.4 Å². The number of carbonyl (C=O) groups excluding carboxylic acids is 1. The summed E-state index contributed by atoms with van der Waals surface area (Å²) in [6.45, 7) is 0. The van der Waals surface area contributed by atoms with Crippen molar-refractivity contribution in [3.8, 4) is 28.5 Å². The Bertz CT molecular complexity index is 1350. The van der Waals surface area contributed by atoms with Crippen LogP contribution in [0, 0.1) is 0 Å². The number of benzene rings is 3. The fourth-order valence-electron chi connectivity index (χ4n) is 3.56. The van der Waals surface area contributed by atoms with Gasteiger partial charge in [0.1, 0.15) is 5.75 Å². The van der Waals surface area contributed by atoms with Crippen LogP contribution in [0.25, 0.3) is 22.8 Å². The lowest BCUT2D eigenvalue weighted by Crippen LogP contribution is -2.17. The highest BCUT2D eigenvalue weighted by molar-refractivity contribution is 5.99. The molecule has 3 N–H and O–H groups in total. The average molecular weight is 451 g/mol. The smallest absolute Gasteiger partial charge is 0.406 e. The van der Waals surface area contributed by atoms with E-state index in [1.54, 1.807) is 6.07 Å². The molecule has 0 bridgehead atoms. The van der Waals surface area contributed by atoms with Gasteiger partial charge in [0.05, 0.1) is 6.42 Å². The van der Waals surface area contributed by atoms with Crippen LogP contribution < -0.4 is 15.4 Å². The van der Waals surface area contributed by atoms with Crippen LogP contribution in [0.15, 0.2) is 66.7 Å². The van der Waals surface area contributed by atoms with E-state index in [0.717, 1.165) is 22.6 Å². The first kappa shape index (κ1) is 20.6. The lowest BCUT2D eigenvalue weighted by molar-refractivity contribution is -0.274. The Kier molecular flexibility index (Phi) is 4.97. The zero-order valence-corrected chi connectivity index (χ0v) is 16.9. The van der Waals surface area contributed by atoms with E-state index in [0.29, 0.717) is 29.2 Å². The molecule has 0 fully saturated rings. The topological polar surface area (TPSA) is 91.9 Å². The molecule has 5 rings (SSSR count). The lowest BCUT2D eigenvalue weighted by Gasteiger charge is -2.09. The Balaban J connectivity index is 1.36. The van der Waals surface area contributed by atoms with Gasteiger partial charge in [-0.25, -0.2) is 4.98 Å². The van der Waals surface area contributed by atoms with Crippen LogP contribution >= 0.6 is 0 Å². The summed E-state index contributed by atoms with van der Waals surface area (Å²) in [6, 6.07) is 18.6. The van der Waals surface area contributed by atoms with E-state index < -0.39 is 6.36 Å². The highest BCUT2D eigenvalue weighted by atomic mass is 19.4. The maximum atomic E-state index is 12.5. The minimum Gasteiger partial charge on any atom is -0.406 e. The van der Waals surface area contributed by atoms with Gasteiger partial charge in [-0.2, -0.15) is 5.10 Å². The molecular formula is C23H16F3N5O2. The SMILES string of the molecule is O=C1Cc2ccc(Nc3cccc(-c4n[nH]c(-c5cccc(OC(F)(F)F)c5)n4)c3)cc2N1. The predicted molar refractivity (Wildman–Crippen MR) is 116 cm³/mol. The average Bonchev–Trinajstić information content (AvgIpc) is 3.39. The van der Waals surface area contributed by atoms with Gasteiger partial charge in [0.2, 0.25) is 5.91 Å². The molecule has 1 aliphatic rings. The normalized spacial score (nSPS) is 12.9. The molecule has 4 aromatic rings. The van der Waals surface area contributed by atoms with Crippen LogP contribution in [-0.2, 0) is 11.2 Å². The van der Waals surface area contributed by atoms with E-state index in [-0.39, 0.29) is 11.7 Å². The molecule has 0 radical (unpaired) electrons. The summed E-state index contributed by atoms with van der Waals surface area (Å²) >= 11 is 0.